The number of aryl methyl sites for hydroxylation is 1. The first-order chi connectivity index (χ1) is 8.77. The lowest BCUT2D eigenvalue weighted by Gasteiger charge is -2.16. The fourth-order valence-electron chi connectivity index (χ4n) is 1.23. The second-order valence-corrected chi connectivity index (χ2v) is 3.76. The fourth-order valence-corrected chi connectivity index (χ4v) is 1.23. The smallest absolute Gasteiger partial charge is 0.324 e. The molecule has 1 aromatic heterocycles. The van der Waals surface area contributed by atoms with Crippen LogP contribution in [0.1, 0.15) is 16.1 Å². The molecule has 1 amide bonds. The van der Waals surface area contributed by atoms with Gasteiger partial charge in [-0.1, -0.05) is 0 Å². The molecule has 9 heteroatoms. The number of rotatable bonds is 5. The van der Waals surface area contributed by atoms with E-state index in [1.807, 2.05) is 0 Å². The molecule has 0 aliphatic rings. The predicted molar refractivity (Wildman–Crippen MR) is 60.1 cm³/mol. The number of carbonyl (C=O) groups excluding carboxylic acids is 1. The first-order valence-electron chi connectivity index (χ1n) is 5.15. The summed E-state index contributed by atoms with van der Waals surface area (Å²) < 4.78 is 49.1. The van der Waals surface area contributed by atoms with Gasteiger partial charge in [0.25, 0.3) is 5.91 Å². The summed E-state index contributed by atoms with van der Waals surface area (Å²) in [5.74, 6) is -0.0975. The maximum absolute atomic E-state index is 12.6. The van der Waals surface area contributed by atoms with Crippen molar-refractivity contribution < 1.29 is 22.4 Å². The standard InChI is InChI=1S/C10H12F4N4O/c1-5-2-7(18-15)6(3-16-5)8(19)17-4-10(13,14)9(11)12/h2-3,9H,4,15H2,1H3,(H,16,18)(H,17,19). The number of nitrogens with two attached hydrogens (primary N) is 1. The van der Waals surface area contributed by atoms with Crippen LogP contribution in [-0.2, 0) is 0 Å². The Morgan fingerprint density at radius 3 is 2.68 bits per heavy atom. The van der Waals surface area contributed by atoms with E-state index < -0.39 is 24.8 Å². The van der Waals surface area contributed by atoms with Gasteiger partial charge in [-0.2, -0.15) is 8.78 Å². The maximum Gasteiger partial charge on any atom is 0.324 e. The molecule has 0 aromatic carbocycles. The summed E-state index contributed by atoms with van der Waals surface area (Å²) in [4.78, 5) is 15.4. The number of alkyl halides is 4. The molecule has 106 valence electrons. The van der Waals surface area contributed by atoms with E-state index in [-0.39, 0.29) is 11.3 Å². The van der Waals surface area contributed by atoms with Gasteiger partial charge < -0.3 is 10.7 Å². The Morgan fingerprint density at radius 1 is 1.53 bits per heavy atom. The lowest BCUT2D eigenvalue weighted by atomic mass is 10.2. The number of carbonyl (C=O) groups is 1. The molecule has 0 unspecified atom stereocenters. The summed E-state index contributed by atoms with van der Waals surface area (Å²) in [6.45, 7) is 0.162. The van der Waals surface area contributed by atoms with Crippen LogP contribution < -0.4 is 16.6 Å². The molecule has 0 saturated heterocycles. The number of aromatic nitrogens is 1. The first kappa shape index (κ1) is 15.2. The van der Waals surface area contributed by atoms with Gasteiger partial charge in [0, 0.05) is 11.9 Å². The Balaban J connectivity index is 2.79. The molecule has 1 heterocycles. The Morgan fingerprint density at radius 2 is 2.16 bits per heavy atom. The van der Waals surface area contributed by atoms with Crippen molar-refractivity contribution in [3.63, 3.8) is 0 Å². The van der Waals surface area contributed by atoms with Gasteiger partial charge in [-0.15, -0.1) is 0 Å². The van der Waals surface area contributed by atoms with Crippen molar-refractivity contribution in [1.29, 1.82) is 0 Å². The summed E-state index contributed by atoms with van der Waals surface area (Å²) >= 11 is 0. The van der Waals surface area contributed by atoms with E-state index in [1.54, 1.807) is 12.2 Å². The van der Waals surface area contributed by atoms with E-state index in [2.05, 4.69) is 10.4 Å². The number of hydrazine groups is 1. The third-order valence-electron chi connectivity index (χ3n) is 2.24. The van der Waals surface area contributed by atoms with Gasteiger partial charge >= 0.3 is 12.3 Å². The third kappa shape index (κ3) is 3.78. The quantitative estimate of drug-likeness (QED) is 0.431. The molecule has 0 spiro atoms. The molecule has 0 aliphatic heterocycles. The number of nitrogens with one attached hydrogen (secondary N) is 2. The molecule has 0 atom stereocenters. The van der Waals surface area contributed by atoms with Crippen LogP contribution in [0.2, 0.25) is 0 Å². The zero-order valence-corrected chi connectivity index (χ0v) is 9.88. The average molecular weight is 280 g/mol. The van der Waals surface area contributed by atoms with Crippen LogP contribution in [0, 0.1) is 6.92 Å². The molecule has 5 nitrogen and oxygen atoms in total. The molecular formula is C10H12F4N4O. The number of pyridine rings is 1. The Labute approximate surface area is 106 Å². The molecule has 1 aromatic rings. The topological polar surface area (TPSA) is 80.0 Å². The van der Waals surface area contributed by atoms with E-state index in [0.717, 1.165) is 6.20 Å². The number of halogens is 4. The Kier molecular flexibility index (Phi) is 4.65. The van der Waals surface area contributed by atoms with Gasteiger partial charge in [-0.3, -0.25) is 15.6 Å². The number of nitrogens with zero attached hydrogens (tertiary/aromatic N) is 1. The number of hydrogen-bond donors (Lipinski definition) is 3. The highest BCUT2D eigenvalue weighted by molar-refractivity contribution is 5.99. The molecule has 0 fully saturated rings. The molecule has 4 N–H and O–H groups in total. The summed E-state index contributed by atoms with van der Waals surface area (Å²) in [6, 6.07) is 1.42. The lowest BCUT2D eigenvalue weighted by Crippen LogP contribution is -2.41. The van der Waals surface area contributed by atoms with Gasteiger partial charge in [0.15, 0.2) is 0 Å². The molecule has 1 rings (SSSR count). The van der Waals surface area contributed by atoms with Gasteiger partial charge in [0.1, 0.15) is 0 Å². The monoisotopic (exact) mass is 280 g/mol. The number of amides is 1. The highest BCUT2D eigenvalue weighted by Gasteiger charge is 2.40. The van der Waals surface area contributed by atoms with E-state index in [0.29, 0.717) is 5.69 Å². The van der Waals surface area contributed by atoms with E-state index in [4.69, 9.17) is 5.84 Å². The lowest BCUT2D eigenvalue weighted by molar-refractivity contribution is -0.123. The molecular weight excluding hydrogens is 268 g/mol. The molecule has 0 aliphatic carbocycles. The maximum atomic E-state index is 12.6. The van der Waals surface area contributed by atoms with E-state index in [1.165, 1.54) is 6.07 Å². The fraction of sp³-hybridized carbons (Fsp3) is 0.400. The SMILES string of the molecule is Cc1cc(NN)c(C(=O)NCC(F)(F)C(F)F)cn1. The van der Waals surface area contributed by atoms with Crippen molar-refractivity contribution in [2.24, 2.45) is 5.84 Å². The average Bonchev–Trinajstić information content (AvgIpc) is 2.35. The Hall–Kier alpha value is -1.90. The van der Waals surface area contributed by atoms with Crippen molar-refractivity contribution in [2.45, 2.75) is 19.3 Å². The predicted octanol–water partition coefficient (Wildman–Crippen LogP) is 1.31. The van der Waals surface area contributed by atoms with Crippen molar-refractivity contribution in [1.82, 2.24) is 10.3 Å². The Bertz CT molecular complexity index is 467. The molecule has 0 radical (unpaired) electrons. The van der Waals surface area contributed by atoms with E-state index >= 15 is 0 Å². The van der Waals surface area contributed by atoms with Gasteiger partial charge in [0.05, 0.1) is 17.8 Å². The van der Waals surface area contributed by atoms with Gasteiger partial charge in [-0.25, -0.2) is 8.78 Å². The van der Waals surface area contributed by atoms with Gasteiger partial charge in [0.2, 0.25) is 0 Å². The van der Waals surface area contributed by atoms with Crippen molar-refractivity contribution in [3.05, 3.63) is 23.5 Å². The number of nitrogen functional groups attached to an aromatic ring is 1. The van der Waals surface area contributed by atoms with Crippen molar-refractivity contribution in [3.8, 4) is 0 Å². The second-order valence-electron chi connectivity index (χ2n) is 3.76. The minimum Gasteiger partial charge on any atom is -0.346 e. The van der Waals surface area contributed by atoms with E-state index in [9.17, 15) is 22.4 Å². The zero-order valence-electron chi connectivity index (χ0n) is 9.88. The van der Waals surface area contributed by atoms with Gasteiger partial charge in [-0.05, 0) is 13.0 Å². The minimum atomic E-state index is -4.29. The molecule has 0 bridgehead atoms. The summed E-state index contributed by atoms with van der Waals surface area (Å²) in [6.07, 6.45) is -2.74. The number of anilines is 1. The molecule has 19 heavy (non-hydrogen) atoms. The first-order valence-corrected chi connectivity index (χ1v) is 5.15. The number of hydrogen-bond acceptors (Lipinski definition) is 4. The molecule has 0 saturated carbocycles. The summed E-state index contributed by atoms with van der Waals surface area (Å²) in [7, 11) is 0. The summed E-state index contributed by atoms with van der Waals surface area (Å²) in [5, 5.41) is 1.71. The third-order valence-corrected chi connectivity index (χ3v) is 2.24. The van der Waals surface area contributed by atoms with Crippen LogP contribution in [0.3, 0.4) is 0 Å². The zero-order chi connectivity index (χ0) is 14.6. The highest BCUT2D eigenvalue weighted by Crippen LogP contribution is 2.22. The summed E-state index contributed by atoms with van der Waals surface area (Å²) in [5.41, 5.74) is 2.79. The second kappa shape index (κ2) is 5.83. The van der Waals surface area contributed by atoms with Crippen LogP contribution >= 0.6 is 0 Å². The minimum absolute atomic E-state index is 0.113. The van der Waals surface area contributed by atoms with Crippen LogP contribution in [0.5, 0.6) is 0 Å². The van der Waals surface area contributed by atoms with Crippen LogP contribution in [0.15, 0.2) is 12.3 Å². The van der Waals surface area contributed by atoms with Crippen LogP contribution in [0.4, 0.5) is 23.2 Å². The largest absolute Gasteiger partial charge is 0.346 e. The van der Waals surface area contributed by atoms with Crippen molar-refractivity contribution in [2.75, 3.05) is 12.0 Å². The van der Waals surface area contributed by atoms with Crippen molar-refractivity contribution >= 4 is 11.6 Å². The van der Waals surface area contributed by atoms with Crippen LogP contribution in [-0.4, -0.2) is 29.8 Å². The van der Waals surface area contributed by atoms with Crippen LogP contribution in [0.25, 0.3) is 0 Å². The normalized spacial score (nSPS) is 11.5. The highest BCUT2D eigenvalue weighted by atomic mass is 19.3.